The van der Waals surface area contributed by atoms with Crippen molar-refractivity contribution in [1.29, 1.82) is 0 Å². The fourth-order valence-corrected chi connectivity index (χ4v) is 22.0. The van der Waals surface area contributed by atoms with Gasteiger partial charge in [-0.25, -0.2) is 8.96 Å². The lowest BCUT2D eigenvalue weighted by atomic mass is 9.87. The summed E-state index contributed by atoms with van der Waals surface area (Å²) in [6.07, 6.45) is 27.6. The Balaban J connectivity index is 0.000000127. The molecule has 20 rings (SSSR count). The molecule has 0 amide bonds. The first-order chi connectivity index (χ1) is 62.5. The third-order valence-electron chi connectivity index (χ3n) is 29.6. The lowest BCUT2D eigenvalue weighted by Crippen LogP contribution is -2.35. The van der Waals surface area contributed by atoms with Crippen molar-refractivity contribution < 1.29 is 24.0 Å². The zero-order chi connectivity index (χ0) is 89.7. The minimum atomic E-state index is -0.170. The van der Waals surface area contributed by atoms with Gasteiger partial charge in [0.25, 0.3) is 0 Å². The maximum absolute atomic E-state index is 15.0. The predicted octanol–water partition coefficient (Wildman–Crippen LogP) is 31.3. The van der Waals surface area contributed by atoms with E-state index >= 15 is 0 Å². The molecule has 129 heavy (non-hydrogen) atoms. The van der Waals surface area contributed by atoms with Crippen molar-refractivity contribution in [3.63, 3.8) is 0 Å². The van der Waals surface area contributed by atoms with Crippen molar-refractivity contribution in [3.05, 3.63) is 358 Å². The van der Waals surface area contributed by atoms with E-state index in [0.29, 0.717) is 17.7 Å². The van der Waals surface area contributed by atoms with Crippen LogP contribution < -0.4 is 18.3 Å². The largest absolute Gasteiger partial charge is 0.220 e. The topological polar surface area (TPSA) is 15.5 Å². The maximum atomic E-state index is 15.0. The molecule has 4 aromatic heterocycles. The first-order valence-electron chi connectivity index (χ1n) is 48.6. The molecule has 4 heterocycles. The third-order valence-corrected chi connectivity index (χ3v) is 29.6. The van der Waals surface area contributed by atoms with Gasteiger partial charge in [0.05, 0.1) is 43.8 Å². The Morgan fingerprint density at radius 1 is 0.295 bits per heavy atom. The molecule has 0 saturated heterocycles. The van der Waals surface area contributed by atoms with E-state index in [0.717, 1.165) is 51.7 Å². The zero-order valence-corrected chi connectivity index (χ0v) is 78.7. The minimum absolute atomic E-state index is 0. The average Bonchev–Trinajstić information content (AvgIpc) is 1.22. The van der Waals surface area contributed by atoms with E-state index in [2.05, 4.69) is 326 Å². The summed E-state index contributed by atoms with van der Waals surface area (Å²) < 4.78 is 32.8. The smallest absolute Gasteiger partial charge is 0.206 e. The second-order valence-corrected chi connectivity index (χ2v) is 38.9. The molecule has 4 fully saturated rings. The Labute approximate surface area is 772 Å². The van der Waals surface area contributed by atoms with Crippen molar-refractivity contribution in [2.45, 2.75) is 211 Å². The Kier molecular flexibility index (Phi) is 28.0. The standard InChI is InChI=1S/C32H36N.C31H34N.C30H31FN.C30H32N.CH4/c1-22(2)30-20-28(26-12-6-5-7-13-26)21-31(23(30)3)32-29-15-14-25(18-24-10-8-9-11-24)19-27(29)16-17-33(32)4;1-21-16-27(26-12-6-5-7-13-26)20-30(23(21)3)31-29-15-14-25(18-24-10-8-9-11-24)19-28(29)17-22(2)32(31)4;1-20-15-29(31)28(24-11-5-4-6-12-24)19-27(20)30-26-14-13-23(17-22-9-7-8-10-22)18-25(26)16-21(2)32(30)3;1-21-13-15-26(25-11-5-4-6-12-25)20-29(21)30-28-16-14-24(18-23-9-7-8-10-23)19-27(28)17-22(2)31(30)3;/h5-7,12-17,19-22,24H,8-11,18H2,1-4H3;5-7,12-17,19-20,24H,8-11,18H2,1-4H3;4-6,11-16,18-19,22H,7-10,17H2,1-3H3;4-6,11-17,19-20,23H,7-10,18H2,1-3H3;1H4/q4*+1;/i17D;;;;. The van der Waals surface area contributed by atoms with Gasteiger partial charge in [-0.2, -0.15) is 13.7 Å². The molecule has 4 saturated carbocycles. The number of halogens is 1. The molecule has 4 aliphatic carbocycles. The molecular weight excluding hydrogens is 1560 g/mol. The molecule has 0 unspecified atom stereocenters. The summed E-state index contributed by atoms with van der Waals surface area (Å²) in [6.45, 7) is 22.1. The molecule has 0 atom stereocenters. The van der Waals surface area contributed by atoms with E-state index in [1.807, 2.05) is 56.4 Å². The number of nitrogens with zero attached hydrogens (tertiary/aromatic N) is 4. The molecular formula is C124H137FN4+4. The molecule has 0 aliphatic heterocycles. The van der Waals surface area contributed by atoms with Crippen molar-refractivity contribution >= 4 is 43.1 Å². The fraction of sp³-hybridized carbons (Fsp3) is 0.323. The summed E-state index contributed by atoms with van der Waals surface area (Å²) in [5.74, 6) is 3.67. The summed E-state index contributed by atoms with van der Waals surface area (Å²) >= 11 is 0. The van der Waals surface area contributed by atoms with Gasteiger partial charge in [-0.05, 0) is 261 Å². The highest BCUT2D eigenvalue weighted by molar-refractivity contribution is 5.99. The van der Waals surface area contributed by atoms with Gasteiger partial charge in [-0.15, -0.1) is 0 Å². The maximum Gasteiger partial charge on any atom is 0.220 e. The summed E-state index contributed by atoms with van der Waals surface area (Å²) in [6, 6.07) is 99.3. The van der Waals surface area contributed by atoms with E-state index in [1.165, 1.54) is 300 Å². The monoisotopic (exact) mass is 1700 g/mol. The molecule has 0 spiro atoms. The second kappa shape index (κ2) is 40.5. The van der Waals surface area contributed by atoms with Crippen molar-refractivity contribution in [2.24, 2.45) is 51.9 Å². The third kappa shape index (κ3) is 20.2. The molecule has 12 aromatic carbocycles. The molecule has 656 valence electrons. The van der Waals surface area contributed by atoms with E-state index < -0.39 is 0 Å². The van der Waals surface area contributed by atoms with Crippen LogP contribution in [0.2, 0.25) is 0 Å². The molecule has 0 radical (unpaired) electrons. The quantitative estimate of drug-likeness (QED) is 0.0808. The number of benzene rings is 12. The van der Waals surface area contributed by atoms with Gasteiger partial charge in [0.15, 0.2) is 23.3 Å². The van der Waals surface area contributed by atoms with Crippen LogP contribution in [0, 0.1) is 84.9 Å². The summed E-state index contributed by atoms with van der Waals surface area (Å²) in [4.78, 5) is 0. The Bertz CT molecular complexity index is 6760. The average molecular weight is 1700 g/mol. The lowest BCUT2D eigenvalue weighted by molar-refractivity contribution is -0.665. The van der Waals surface area contributed by atoms with Crippen LogP contribution in [0.5, 0.6) is 0 Å². The SMILES string of the molecule is C.Cc1cc(-c2ccccc2)cc(-c2c3ccc(CC4CCCC4)cc3cc(C)[n+]2C)c1C.Cc1cc(F)c(-c2ccccc2)cc1-c1c2ccc(CC3CCCC3)cc2cc(C)[n+]1C.Cc1ccc(-c2ccccc2)cc1-c1c2ccc(CC3CCCC3)cc2cc(C)[n+]1C.[2H]c1cc2cc(CC3CCCC3)ccc2c(-c2cc(-c3ccccc3)cc(C(C)C)c2C)[n+]1C. The molecule has 0 N–H and O–H groups in total. The van der Waals surface area contributed by atoms with Crippen LogP contribution in [0.4, 0.5) is 4.39 Å². The molecule has 4 nitrogen and oxygen atoms in total. The fourth-order valence-electron chi connectivity index (χ4n) is 22.0. The highest BCUT2D eigenvalue weighted by Crippen LogP contribution is 2.43. The van der Waals surface area contributed by atoms with E-state index in [4.69, 9.17) is 1.37 Å². The zero-order valence-electron chi connectivity index (χ0n) is 79.7. The number of aromatic nitrogens is 4. The van der Waals surface area contributed by atoms with Crippen LogP contribution >= 0.6 is 0 Å². The first kappa shape index (κ1) is 89.2. The van der Waals surface area contributed by atoms with Gasteiger partial charge >= 0.3 is 0 Å². The summed E-state index contributed by atoms with van der Waals surface area (Å²) in [5, 5.41) is 10.3. The van der Waals surface area contributed by atoms with Crippen molar-refractivity contribution in [3.8, 4) is 89.5 Å². The van der Waals surface area contributed by atoms with Gasteiger partial charge in [-0.3, -0.25) is 0 Å². The van der Waals surface area contributed by atoms with E-state index in [-0.39, 0.29) is 13.2 Å². The number of aryl methyl sites for hydroxylation is 6. The van der Waals surface area contributed by atoms with Crippen molar-refractivity contribution in [1.82, 2.24) is 0 Å². The molecule has 0 bridgehead atoms. The van der Waals surface area contributed by atoms with Gasteiger partial charge in [0.2, 0.25) is 22.8 Å². The number of rotatable bonds is 17. The molecule has 16 aromatic rings. The van der Waals surface area contributed by atoms with Crippen LogP contribution in [0.3, 0.4) is 0 Å². The minimum Gasteiger partial charge on any atom is -0.206 e. The Morgan fingerprint density at radius 2 is 0.636 bits per heavy atom. The van der Waals surface area contributed by atoms with Gasteiger partial charge in [0, 0.05) is 50.6 Å². The Hall–Kier alpha value is -11.8. The molecule has 5 heteroatoms. The first-order valence-corrected chi connectivity index (χ1v) is 48.1. The van der Waals surface area contributed by atoms with Crippen LogP contribution in [0.1, 0.15) is 204 Å². The second-order valence-electron chi connectivity index (χ2n) is 38.9. The molecule has 4 aliphatic rings. The van der Waals surface area contributed by atoms with Crippen molar-refractivity contribution in [2.75, 3.05) is 0 Å². The van der Waals surface area contributed by atoms with E-state index in [1.54, 1.807) is 6.07 Å². The highest BCUT2D eigenvalue weighted by atomic mass is 19.1. The van der Waals surface area contributed by atoms with Crippen LogP contribution in [0.25, 0.3) is 133 Å². The van der Waals surface area contributed by atoms with Gasteiger partial charge < -0.3 is 0 Å². The van der Waals surface area contributed by atoms with Gasteiger partial charge in [0.1, 0.15) is 35.4 Å². The Morgan fingerprint density at radius 3 is 1.04 bits per heavy atom. The van der Waals surface area contributed by atoms with Crippen LogP contribution in [-0.4, -0.2) is 0 Å². The summed E-state index contributed by atoms with van der Waals surface area (Å²) in [7, 11) is 8.56. The lowest BCUT2D eigenvalue weighted by Gasteiger charge is -2.17. The van der Waals surface area contributed by atoms with Gasteiger partial charge in [-0.1, -0.05) is 318 Å². The highest BCUT2D eigenvalue weighted by Gasteiger charge is 2.30. The van der Waals surface area contributed by atoms with Crippen LogP contribution in [0.15, 0.2) is 279 Å². The summed E-state index contributed by atoms with van der Waals surface area (Å²) in [5.41, 5.74) is 36.4. The van der Waals surface area contributed by atoms with E-state index in [9.17, 15) is 4.39 Å². The number of hydrogen-bond acceptors (Lipinski definition) is 0. The normalized spacial score (nSPS) is 14.4. The predicted molar refractivity (Wildman–Crippen MR) is 545 cm³/mol. The number of fused-ring (bicyclic) bond motifs is 4. The van der Waals surface area contributed by atoms with Crippen LogP contribution in [-0.2, 0) is 53.9 Å². The number of pyridine rings is 4. The number of hydrogen-bond donors (Lipinski definition) is 0.